The van der Waals surface area contributed by atoms with Crippen LogP contribution in [0, 0.1) is 0 Å². The zero-order valence-corrected chi connectivity index (χ0v) is 18.6. The van der Waals surface area contributed by atoms with Gasteiger partial charge in [0.05, 0.1) is 12.7 Å². The Hall–Kier alpha value is -3.78. The third-order valence-electron chi connectivity index (χ3n) is 4.97. The normalized spacial score (nSPS) is 12.4. The molecule has 3 aromatic heterocycles. The molecule has 1 aromatic carbocycles. The molecular weight excluding hydrogens is 440 g/mol. The van der Waals surface area contributed by atoms with Crippen LogP contribution in [0.3, 0.4) is 0 Å². The quantitative estimate of drug-likeness (QED) is 0.306. The highest BCUT2D eigenvalue weighted by Crippen LogP contribution is 2.42. The average Bonchev–Trinajstić information content (AvgIpc) is 3.56. The van der Waals surface area contributed by atoms with Crippen LogP contribution in [0.2, 0.25) is 5.15 Å². The summed E-state index contributed by atoms with van der Waals surface area (Å²) in [5, 5.41) is 14.8. The molecule has 5 rings (SSSR count). The smallest absolute Gasteiger partial charge is 0.212 e. The minimum Gasteiger partial charge on any atom is -0.487 e. The third-order valence-corrected chi connectivity index (χ3v) is 5.29. The molecule has 168 valence electrons. The Labute approximate surface area is 196 Å². The van der Waals surface area contributed by atoms with Crippen molar-refractivity contribution in [2.45, 2.75) is 31.9 Å². The van der Waals surface area contributed by atoms with Crippen LogP contribution in [-0.2, 0) is 17.9 Å². The average molecular weight is 463 g/mol. The van der Waals surface area contributed by atoms with Crippen molar-refractivity contribution in [3.05, 3.63) is 95.2 Å². The fourth-order valence-corrected chi connectivity index (χ4v) is 3.42. The molecule has 0 bridgehead atoms. The summed E-state index contributed by atoms with van der Waals surface area (Å²) in [6, 6.07) is 15.6. The monoisotopic (exact) mass is 462 g/mol. The number of rotatable bonds is 8. The zero-order valence-electron chi connectivity index (χ0n) is 17.8. The summed E-state index contributed by atoms with van der Waals surface area (Å²) in [6.07, 6.45) is 10.0. The zero-order chi connectivity index (χ0) is 22.9. The van der Waals surface area contributed by atoms with Gasteiger partial charge in [-0.15, -0.1) is 5.10 Å². The lowest BCUT2D eigenvalue weighted by Crippen LogP contribution is -2.02. The van der Waals surface area contributed by atoms with Crippen molar-refractivity contribution in [1.29, 1.82) is 0 Å². The number of hydrogen-bond acceptors (Lipinski definition) is 6. The molecule has 0 unspecified atom stereocenters. The molecule has 9 heteroatoms. The molecule has 0 radical (unpaired) electrons. The first-order valence-electron chi connectivity index (χ1n) is 10.5. The van der Waals surface area contributed by atoms with Crippen LogP contribution in [0.5, 0.6) is 5.75 Å². The third kappa shape index (κ3) is 6.85. The van der Waals surface area contributed by atoms with Crippen molar-refractivity contribution in [2.24, 2.45) is 0 Å². The number of nitrogens with zero attached hydrogens (tertiary/aromatic N) is 5. The van der Waals surface area contributed by atoms with E-state index in [1.165, 1.54) is 30.2 Å². The van der Waals surface area contributed by atoms with Crippen LogP contribution >= 0.6 is 11.6 Å². The SMILES string of the molecule is Clc1ncccc1C1CC1.O=CNc1cc(OCc2ccc(Cn3cccn3)cc2)cnn1. The number of benzene rings is 1. The maximum Gasteiger partial charge on any atom is 0.212 e. The number of carbonyl (C=O) groups excluding carboxylic acids is 1. The summed E-state index contributed by atoms with van der Waals surface area (Å²) < 4.78 is 7.52. The number of halogens is 1. The van der Waals surface area contributed by atoms with E-state index in [-0.39, 0.29) is 0 Å². The number of amides is 1. The summed E-state index contributed by atoms with van der Waals surface area (Å²) >= 11 is 5.85. The first-order chi connectivity index (χ1) is 16.2. The van der Waals surface area contributed by atoms with Gasteiger partial charge < -0.3 is 10.1 Å². The predicted octanol–water partition coefficient (Wildman–Crippen LogP) is 4.48. The molecule has 33 heavy (non-hydrogen) atoms. The lowest BCUT2D eigenvalue weighted by atomic mass is 10.1. The number of hydrogen-bond donors (Lipinski definition) is 1. The molecule has 1 aliphatic carbocycles. The largest absolute Gasteiger partial charge is 0.487 e. The Morgan fingerprint density at radius 1 is 1.12 bits per heavy atom. The fraction of sp³-hybridized carbons (Fsp3) is 0.208. The first kappa shape index (κ1) is 22.4. The Morgan fingerprint density at radius 3 is 2.64 bits per heavy atom. The summed E-state index contributed by atoms with van der Waals surface area (Å²) in [7, 11) is 0. The van der Waals surface area contributed by atoms with Gasteiger partial charge in [-0.3, -0.25) is 9.48 Å². The minimum atomic E-state index is 0.354. The van der Waals surface area contributed by atoms with E-state index in [9.17, 15) is 4.79 Å². The Morgan fingerprint density at radius 2 is 1.94 bits per heavy atom. The lowest BCUT2D eigenvalue weighted by molar-refractivity contribution is -0.105. The molecule has 1 N–H and O–H groups in total. The van der Waals surface area contributed by atoms with Gasteiger partial charge >= 0.3 is 0 Å². The van der Waals surface area contributed by atoms with Crippen LogP contribution in [0.25, 0.3) is 0 Å². The second-order valence-corrected chi connectivity index (χ2v) is 7.86. The van der Waals surface area contributed by atoms with Gasteiger partial charge in [0.2, 0.25) is 6.41 Å². The molecule has 8 nitrogen and oxygen atoms in total. The summed E-state index contributed by atoms with van der Waals surface area (Å²) in [6.45, 7) is 1.15. The standard InChI is InChI=1S/C16H15N5O2.C8H8ClN/c22-12-17-16-8-15(9-18-20-16)23-11-14-4-2-13(3-5-14)10-21-7-1-6-19-21;9-8-7(6-3-4-6)2-1-5-10-8/h1-9,12H,10-11H2,(H,17,20,22);1-2,5-6H,3-4H2. The van der Waals surface area contributed by atoms with E-state index in [4.69, 9.17) is 16.3 Å². The molecular formula is C24H23ClN6O2. The van der Waals surface area contributed by atoms with Crippen LogP contribution in [0.15, 0.2) is 73.3 Å². The van der Waals surface area contributed by atoms with Crippen molar-refractivity contribution < 1.29 is 9.53 Å². The molecule has 1 amide bonds. The van der Waals surface area contributed by atoms with Crippen LogP contribution in [-0.4, -0.2) is 31.4 Å². The molecule has 0 atom stereocenters. The summed E-state index contributed by atoms with van der Waals surface area (Å²) in [4.78, 5) is 14.4. The van der Waals surface area contributed by atoms with Crippen LogP contribution < -0.4 is 10.1 Å². The molecule has 4 aromatic rings. The summed E-state index contributed by atoms with van der Waals surface area (Å²) in [5.74, 6) is 1.61. The number of carbonyl (C=O) groups is 1. The van der Waals surface area contributed by atoms with Crippen molar-refractivity contribution in [3.63, 3.8) is 0 Å². The number of aromatic nitrogens is 5. The second kappa shape index (κ2) is 11.2. The molecule has 0 spiro atoms. The number of nitrogens with one attached hydrogen (secondary N) is 1. The van der Waals surface area contributed by atoms with Crippen molar-refractivity contribution in [3.8, 4) is 5.75 Å². The van der Waals surface area contributed by atoms with Gasteiger partial charge in [0, 0.05) is 24.7 Å². The van der Waals surface area contributed by atoms with Gasteiger partial charge in [0.25, 0.3) is 0 Å². The lowest BCUT2D eigenvalue weighted by Gasteiger charge is -2.08. The van der Waals surface area contributed by atoms with Crippen LogP contribution in [0.1, 0.15) is 35.4 Å². The van der Waals surface area contributed by atoms with Crippen molar-refractivity contribution in [2.75, 3.05) is 5.32 Å². The Balaban J connectivity index is 0.000000214. The highest BCUT2D eigenvalue weighted by molar-refractivity contribution is 6.30. The van der Waals surface area contributed by atoms with Crippen LogP contribution in [0.4, 0.5) is 5.82 Å². The van der Waals surface area contributed by atoms with E-state index in [0.717, 1.165) is 12.1 Å². The van der Waals surface area contributed by atoms with E-state index in [0.29, 0.717) is 35.7 Å². The molecule has 1 fully saturated rings. The van der Waals surface area contributed by atoms with Gasteiger partial charge in [-0.05, 0) is 47.6 Å². The molecule has 3 heterocycles. The van der Waals surface area contributed by atoms with Gasteiger partial charge in [-0.25, -0.2) is 4.98 Å². The van der Waals surface area contributed by atoms with Gasteiger partial charge in [-0.2, -0.15) is 10.2 Å². The number of ether oxygens (including phenoxy) is 1. The predicted molar refractivity (Wildman–Crippen MR) is 125 cm³/mol. The number of pyridine rings is 1. The van der Waals surface area contributed by atoms with Crippen molar-refractivity contribution >= 4 is 23.8 Å². The first-order valence-corrected chi connectivity index (χ1v) is 10.9. The van der Waals surface area contributed by atoms with E-state index in [1.54, 1.807) is 18.5 Å². The molecule has 1 aliphatic rings. The summed E-state index contributed by atoms with van der Waals surface area (Å²) in [5.41, 5.74) is 3.43. The molecule has 0 saturated heterocycles. The highest BCUT2D eigenvalue weighted by Gasteiger charge is 2.25. The number of anilines is 1. The van der Waals surface area contributed by atoms with E-state index >= 15 is 0 Å². The van der Waals surface area contributed by atoms with Gasteiger partial charge in [0.1, 0.15) is 17.5 Å². The topological polar surface area (TPSA) is 94.8 Å². The van der Waals surface area contributed by atoms with Gasteiger partial charge in [-0.1, -0.05) is 41.9 Å². The fourth-order valence-electron chi connectivity index (χ4n) is 3.14. The Bertz CT molecular complexity index is 1160. The molecule has 1 saturated carbocycles. The maximum atomic E-state index is 10.4. The minimum absolute atomic E-state index is 0.354. The van der Waals surface area contributed by atoms with E-state index in [1.807, 2.05) is 47.3 Å². The maximum absolute atomic E-state index is 10.4. The van der Waals surface area contributed by atoms with Gasteiger partial charge in [0.15, 0.2) is 5.82 Å². The Kier molecular flexibility index (Phi) is 7.60. The van der Waals surface area contributed by atoms with E-state index < -0.39 is 0 Å². The highest BCUT2D eigenvalue weighted by atomic mass is 35.5. The second-order valence-electron chi connectivity index (χ2n) is 7.51. The van der Waals surface area contributed by atoms with Crippen molar-refractivity contribution in [1.82, 2.24) is 25.0 Å². The molecule has 0 aliphatic heterocycles. The van der Waals surface area contributed by atoms with E-state index in [2.05, 4.69) is 31.7 Å².